The number of thiophene rings is 1. The predicted molar refractivity (Wildman–Crippen MR) is 81.4 cm³/mol. The molecule has 0 saturated heterocycles. The van der Waals surface area contributed by atoms with Crippen molar-refractivity contribution < 1.29 is 18.3 Å². The van der Waals surface area contributed by atoms with E-state index in [-0.39, 0.29) is 16.3 Å². The number of nitrogens with one attached hydrogen (secondary N) is 1. The summed E-state index contributed by atoms with van der Waals surface area (Å²) in [5.41, 5.74) is 0. The largest absolute Gasteiger partial charge is 0.465 e. The topological polar surface area (TPSA) is 96.4 Å². The highest BCUT2D eigenvalue weighted by Crippen LogP contribution is 2.35. The summed E-state index contributed by atoms with van der Waals surface area (Å²) >= 11 is 4.53. The van der Waals surface area contributed by atoms with Crippen LogP contribution in [0.3, 0.4) is 0 Å². The summed E-state index contributed by atoms with van der Waals surface area (Å²) in [4.78, 5) is 15.3. The summed E-state index contributed by atoms with van der Waals surface area (Å²) in [6.07, 6.45) is 2.13. The maximum atomic E-state index is 12.5. The number of halogens is 1. The van der Waals surface area contributed by atoms with E-state index in [1.165, 1.54) is 29.8 Å². The molecule has 0 aliphatic carbocycles. The minimum atomic E-state index is -3.63. The monoisotopic (exact) mass is 390 g/mol. The van der Waals surface area contributed by atoms with E-state index in [1.54, 1.807) is 12.1 Å². The number of pyridine rings is 1. The molecular formula is C12H11BrN2O4S2. The van der Waals surface area contributed by atoms with Gasteiger partial charge in [-0.25, -0.2) is 13.2 Å². The number of carboxylic acid groups (broad SMARTS) is 1. The van der Waals surface area contributed by atoms with Gasteiger partial charge in [-0.05, 0) is 40.5 Å². The summed E-state index contributed by atoms with van der Waals surface area (Å²) in [5.74, 6) is 0. The fourth-order valence-corrected chi connectivity index (χ4v) is 5.53. The average Bonchev–Trinajstić information content (AvgIpc) is 2.81. The highest BCUT2D eigenvalue weighted by atomic mass is 79.9. The summed E-state index contributed by atoms with van der Waals surface area (Å²) < 4.78 is 25.5. The molecule has 0 fully saturated rings. The van der Waals surface area contributed by atoms with E-state index in [2.05, 4.69) is 26.2 Å². The van der Waals surface area contributed by atoms with Gasteiger partial charge in [0.2, 0.25) is 9.84 Å². The lowest BCUT2D eigenvalue weighted by Gasteiger charge is -2.01. The third-order valence-corrected chi connectivity index (χ3v) is 6.64. The third kappa shape index (κ3) is 3.80. The maximum absolute atomic E-state index is 12.5. The van der Waals surface area contributed by atoms with E-state index in [9.17, 15) is 13.2 Å². The molecule has 2 aromatic heterocycles. The lowest BCUT2D eigenvalue weighted by molar-refractivity contribution is 0.194. The number of aromatic nitrogens is 1. The first-order valence-corrected chi connectivity index (χ1v) is 8.90. The van der Waals surface area contributed by atoms with Gasteiger partial charge in [0.1, 0.15) is 0 Å². The van der Waals surface area contributed by atoms with E-state index in [1.807, 2.05) is 0 Å². The zero-order chi connectivity index (χ0) is 15.5. The van der Waals surface area contributed by atoms with Crippen LogP contribution in [0.4, 0.5) is 4.79 Å². The second-order valence-corrected chi connectivity index (χ2v) is 8.40. The van der Waals surface area contributed by atoms with Crippen LogP contribution in [0.25, 0.3) is 0 Å². The summed E-state index contributed by atoms with van der Waals surface area (Å²) in [6.45, 7) is 0.231. The Hall–Kier alpha value is -1.45. The lowest BCUT2D eigenvalue weighted by atomic mass is 10.3. The Labute approximate surface area is 133 Å². The second-order valence-electron chi connectivity index (χ2n) is 4.02. The maximum Gasteiger partial charge on any atom is 0.404 e. The van der Waals surface area contributed by atoms with Gasteiger partial charge in [-0.2, -0.15) is 0 Å². The van der Waals surface area contributed by atoms with Gasteiger partial charge in [0.25, 0.3) is 0 Å². The Morgan fingerprint density at radius 3 is 2.86 bits per heavy atom. The molecule has 0 bridgehead atoms. The van der Waals surface area contributed by atoms with E-state index < -0.39 is 15.9 Å². The Morgan fingerprint density at radius 2 is 2.24 bits per heavy atom. The van der Waals surface area contributed by atoms with Gasteiger partial charge < -0.3 is 10.4 Å². The highest BCUT2D eigenvalue weighted by molar-refractivity contribution is 9.11. The number of carbonyl (C=O) groups is 1. The molecule has 0 atom stereocenters. The molecule has 0 unspecified atom stereocenters. The first-order valence-electron chi connectivity index (χ1n) is 5.81. The molecule has 2 aromatic rings. The molecule has 112 valence electrons. The van der Waals surface area contributed by atoms with Crippen LogP contribution in [-0.2, 0) is 16.3 Å². The first-order chi connectivity index (χ1) is 9.91. The zero-order valence-corrected chi connectivity index (χ0v) is 13.8. The van der Waals surface area contributed by atoms with Crippen molar-refractivity contribution >= 4 is 43.2 Å². The van der Waals surface area contributed by atoms with Crippen molar-refractivity contribution in [1.29, 1.82) is 0 Å². The van der Waals surface area contributed by atoms with E-state index >= 15 is 0 Å². The van der Waals surface area contributed by atoms with Crippen LogP contribution < -0.4 is 5.32 Å². The number of sulfone groups is 1. The van der Waals surface area contributed by atoms with Crippen LogP contribution in [0.15, 0.2) is 44.2 Å². The fourth-order valence-electron chi connectivity index (χ4n) is 1.63. The zero-order valence-electron chi connectivity index (χ0n) is 10.6. The van der Waals surface area contributed by atoms with Crippen LogP contribution in [0.2, 0.25) is 0 Å². The third-order valence-electron chi connectivity index (χ3n) is 2.59. The molecule has 2 rings (SSSR count). The molecule has 0 aliphatic heterocycles. The van der Waals surface area contributed by atoms with Crippen molar-refractivity contribution in [3.63, 3.8) is 0 Å². The second kappa shape index (κ2) is 6.54. The fraction of sp³-hybridized carbons (Fsp3) is 0.167. The first kappa shape index (κ1) is 15.9. The van der Waals surface area contributed by atoms with Gasteiger partial charge in [-0.1, -0.05) is 0 Å². The van der Waals surface area contributed by atoms with Crippen LogP contribution >= 0.6 is 27.3 Å². The molecule has 0 saturated carbocycles. The van der Waals surface area contributed by atoms with E-state index in [4.69, 9.17) is 5.11 Å². The molecule has 0 aromatic carbocycles. The Bertz CT molecular complexity index is 744. The van der Waals surface area contributed by atoms with Crippen LogP contribution in [0.1, 0.15) is 4.88 Å². The quantitative estimate of drug-likeness (QED) is 0.817. The normalized spacial score (nSPS) is 11.3. The van der Waals surface area contributed by atoms with Crippen molar-refractivity contribution in [3.05, 3.63) is 39.3 Å². The van der Waals surface area contributed by atoms with Gasteiger partial charge in [-0.3, -0.25) is 4.98 Å². The lowest BCUT2D eigenvalue weighted by Crippen LogP contribution is -2.22. The number of nitrogens with zero attached hydrogens (tertiary/aromatic N) is 1. The number of hydrogen-bond donors (Lipinski definition) is 2. The van der Waals surface area contributed by atoms with Crippen LogP contribution in [0.5, 0.6) is 0 Å². The van der Waals surface area contributed by atoms with Crippen molar-refractivity contribution in [2.75, 3.05) is 6.54 Å². The highest BCUT2D eigenvalue weighted by Gasteiger charge is 2.23. The Kier molecular flexibility index (Phi) is 4.96. The molecular weight excluding hydrogens is 380 g/mol. The molecule has 0 spiro atoms. The number of hydrogen-bond acceptors (Lipinski definition) is 5. The van der Waals surface area contributed by atoms with Crippen LogP contribution in [-0.4, -0.2) is 31.1 Å². The molecule has 0 radical (unpaired) electrons. The molecule has 9 heteroatoms. The molecule has 21 heavy (non-hydrogen) atoms. The number of amides is 1. The smallest absolute Gasteiger partial charge is 0.404 e. The van der Waals surface area contributed by atoms with Gasteiger partial charge in [0.15, 0.2) is 0 Å². The minimum absolute atomic E-state index is 0.124. The van der Waals surface area contributed by atoms with Gasteiger partial charge in [0.05, 0.1) is 13.6 Å². The Balaban J connectivity index is 2.25. The molecule has 2 heterocycles. The van der Waals surface area contributed by atoms with Crippen molar-refractivity contribution in [2.24, 2.45) is 0 Å². The predicted octanol–water partition coefficient (Wildman–Crippen LogP) is 2.55. The van der Waals surface area contributed by atoms with Crippen molar-refractivity contribution in [1.82, 2.24) is 10.3 Å². The van der Waals surface area contributed by atoms with Crippen molar-refractivity contribution in [3.8, 4) is 0 Å². The molecule has 1 amide bonds. The van der Waals surface area contributed by atoms with Gasteiger partial charge in [0, 0.05) is 23.8 Å². The van der Waals surface area contributed by atoms with Gasteiger partial charge in [-0.15, -0.1) is 11.3 Å². The number of rotatable bonds is 5. The van der Waals surface area contributed by atoms with Crippen LogP contribution in [0, 0.1) is 0 Å². The van der Waals surface area contributed by atoms with Gasteiger partial charge >= 0.3 is 6.09 Å². The molecule has 2 N–H and O–H groups in total. The summed E-state index contributed by atoms with van der Waals surface area (Å²) in [6, 6.07) is 4.60. The Morgan fingerprint density at radius 1 is 1.48 bits per heavy atom. The molecule has 6 nitrogen and oxygen atoms in total. The standard InChI is InChI=1S/C12H11BrN2O4S2/c13-11-10(6-8(20-11)3-5-15-12(16)17)21(18,19)9-2-1-4-14-7-9/h1-2,4,6-7,15H,3,5H2,(H,16,17). The van der Waals surface area contributed by atoms with E-state index in [0.29, 0.717) is 10.2 Å². The summed E-state index contributed by atoms with van der Waals surface area (Å²) in [7, 11) is -3.63. The molecule has 0 aliphatic rings. The SMILES string of the molecule is O=C(O)NCCc1cc(S(=O)(=O)c2cccnc2)c(Br)s1. The van der Waals surface area contributed by atoms with E-state index in [0.717, 1.165) is 4.88 Å². The van der Waals surface area contributed by atoms with Crippen molar-refractivity contribution in [2.45, 2.75) is 16.2 Å². The average molecular weight is 391 g/mol. The summed E-state index contributed by atoms with van der Waals surface area (Å²) in [5, 5.41) is 10.8. The minimum Gasteiger partial charge on any atom is -0.465 e.